The Balaban J connectivity index is 1.73. The number of benzene rings is 2. The summed E-state index contributed by atoms with van der Waals surface area (Å²) in [5, 5.41) is 15.1. The standard InChI is InChI=1S/C25H30F2N2O3/c1-4-20(28-31-3)23-22(14-19-13-21(30)24(23)29(19)2)32-25(15-5-9-17(26)10-6-15)16-7-11-18(27)12-8-16/h5-12,19,21-25,30H,4,13-14H2,1-3H3/t19?,21?,22-,23+,24+/m1/s1. The lowest BCUT2D eigenvalue weighted by molar-refractivity contribution is -0.0713. The topological polar surface area (TPSA) is 54.3 Å². The van der Waals surface area contributed by atoms with Crippen molar-refractivity contribution in [3.05, 3.63) is 71.3 Å². The van der Waals surface area contributed by atoms with Crippen molar-refractivity contribution in [1.29, 1.82) is 0 Å². The van der Waals surface area contributed by atoms with E-state index >= 15 is 0 Å². The van der Waals surface area contributed by atoms with Gasteiger partial charge in [0.1, 0.15) is 24.8 Å². The Labute approximate surface area is 187 Å². The van der Waals surface area contributed by atoms with Gasteiger partial charge in [-0.3, -0.25) is 4.90 Å². The second kappa shape index (κ2) is 9.65. The molecule has 1 N–H and O–H groups in total. The minimum atomic E-state index is -0.510. The van der Waals surface area contributed by atoms with Gasteiger partial charge in [0.25, 0.3) is 0 Å². The Morgan fingerprint density at radius 2 is 1.62 bits per heavy atom. The zero-order chi connectivity index (χ0) is 22.8. The van der Waals surface area contributed by atoms with Gasteiger partial charge in [0.05, 0.1) is 17.9 Å². The van der Waals surface area contributed by atoms with Gasteiger partial charge in [-0.25, -0.2) is 8.78 Å². The summed E-state index contributed by atoms with van der Waals surface area (Å²) in [4.78, 5) is 7.35. The first-order valence-electron chi connectivity index (χ1n) is 11.1. The van der Waals surface area contributed by atoms with Crippen LogP contribution in [0.2, 0.25) is 0 Å². The highest BCUT2D eigenvalue weighted by Crippen LogP contribution is 2.43. The number of aliphatic hydroxyl groups excluding tert-OH is 1. The molecule has 4 rings (SSSR count). The van der Waals surface area contributed by atoms with Crippen molar-refractivity contribution in [2.24, 2.45) is 11.1 Å². The average molecular weight is 445 g/mol. The van der Waals surface area contributed by atoms with E-state index < -0.39 is 12.2 Å². The zero-order valence-electron chi connectivity index (χ0n) is 18.6. The molecule has 2 saturated heterocycles. The largest absolute Gasteiger partial charge is 0.399 e. The van der Waals surface area contributed by atoms with E-state index in [4.69, 9.17) is 9.57 Å². The van der Waals surface area contributed by atoms with Gasteiger partial charge in [-0.15, -0.1) is 0 Å². The molecule has 2 heterocycles. The van der Waals surface area contributed by atoms with Crippen molar-refractivity contribution in [3.63, 3.8) is 0 Å². The lowest BCUT2D eigenvalue weighted by Gasteiger charge is -2.44. The molecule has 172 valence electrons. The van der Waals surface area contributed by atoms with E-state index in [-0.39, 0.29) is 35.7 Å². The highest BCUT2D eigenvalue weighted by molar-refractivity contribution is 5.87. The van der Waals surface area contributed by atoms with Gasteiger partial charge in [-0.05, 0) is 61.7 Å². The molecule has 0 amide bonds. The number of oxime groups is 1. The molecule has 5 atom stereocenters. The van der Waals surface area contributed by atoms with Crippen LogP contribution in [0.3, 0.4) is 0 Å². The molecule has 2 unspecified atom stereocenters. The summed E-state index contributed by atoms with van der Waals surface area (Å²) in [6.45, 7) is 2.01. The Morgan fingerprint density at radius 3 is 2.12 bits per heavy atom. The van der Waals surface area contributed by atoms with Crippen LogP contribution in [0.15, 0.2) is 53.7 Å². The molecule has 0 aliphatic carbocycles. The summed E-state index contributed by atoms with van der Waals surface area (Å²) in [5.41, 5.74) is 2.40. The van der Waals surface area contributed by atoms with E-state index in [2.05, 4.69) is 10.1 Å². The molecule has 2 aliphatic rings. The zero-order valence-corrected chi connectivity index (χ0v) is 18.6. The number of aliphatic hydroxyl groups is 1. The number of ether oxygens (including phenoxy) is 1. The molecule has 0 aromatic heterocycles. The van der Waals surface area contributed by atoms with Crippen LogP contribution in [0.25, 0.3) is 0 Å². The summed E-state index contributed by atoms with van der Waals surface area (Å²) in [6.07, 6.45) is 0.830. The van der Waals surface area contributed by atoms with Crippen LogP contribution in [0.4, 0.5) is 8.78 Å². The summed E-state index contributed by atoms with van der Waals surface area (Å²) in [7, 11) is 3.55. The van der Waals surface area contributed by atoms with E-state index in [1.807, 2.05) is 14.0 Å². The van der Waals surface area contributed by atoms with E-state index in [1.165, 1.54) is 31.4 Å². The normalized spacial score (nSPS) is 28.3. The fraction of sp³-hybridized carbons (Fsp3) is 0.480. The van der Waals surface area contributed by atoms with E-state index in [0.717, 1.165) is 23.3 Å². The number of piperidine rings is 1. The van der Waals surface area contributed by atoms with Crippen molar-refractivity contribution in [1.82, 2.24) is 4.90 Å². The summed E-state index contributed by atoms with van der Waals surface area (Å²) >= 11 is 0. The third-order valence-corrected chi connectivity index (χ3v) is 6.84. The number of likely N-dealkylation sites (N-methyl/N-ethyl adjacent to an activating group) is 1. The molecular weight excluding hydrogens is 414 g/mol. The number of hydrogen-bond donors (Lipinski definition) is 1. The Morgan fingerprint density at radius 1 is 1.06 bits per heavy atom. The summed E-state index contributed by atoms with van der Waals surface area (Å²) in [6, 6.07) is 12.5. The predicted octanol–water partition coefficient (Wildman–Crippen LogP) is 4.31. The van der Waals surface area contributed by atoms with E-state index in [1.54, 1.807) is 24.3 Å². The molecule has 2 aliphatic heterocycles. The Kier molecular flexibility index (Phi) is 6.88. The summed E-state index contributed by atoms with van der Waals surface area (Å²) < 4.78 is 34.0. The van der Waals surface area contributed by atoms with Gasteiger partial charge < -0.3 is 14.7 Å². The van der Waals surface area contributed by atoms with Crippen molar-refractivity contribution in [2.45, 2.75) is 56.6 Å². The molecule has 2 aromatic carbocycles. The van der Waals surface area contributed by atoms with E-state index in [0.29, 0.717) is 12.8 Å². The van der Waals surface area contributed by atoms with Crippen LogP contribution < -0.4 is 0 Å². The second-order valence-corrected chi connectivity index (χ2v) is 8.65. The van der Waals surface area contributed by atoms with Crippen LogP contribution in [0.1, 0.15) is 43.4 Å². The third-order valence-electron chi connectivity index (χ3n) is 6.84. The van der Waals surface area contributed by atoms with Crippen molar-refractivity contribution < 1.29 is 23.5 Å². The first-order valence-corrected chi connectivity index (χ1v) is 11.1. The number of nitrogens with zero attached hydrogens (tertiary/aromatic N) is 2. The van der Waals surface area contributed by atoms with Crippen LogP contribution in [-0.4, -0.2) is 54.2 Å². The van der Waals surface area contributed by atoms with Gasteiger partial charge in [-0.1, -0.05) is 36.3 Å². The highest BCUT2D eigenvalue weighted by atomic mass is 19.1. The summed E-state index contributed by atoms with van der Waals surface area (Å²) in [5.74, 6) is -0.821. The lowest BCUT2D eigenvalue weighted by atomic mass is 9.82. The number of fused-ring (bicyclic) bond motifs is 2. The maximum Gasteiger partial charge on any atom is 0.123 e. The van der Waals surface area contributed by atoms with Crippen LogP contribution in [-0.2, 0) is 9.57 Å². The molecule has 5 nitrogen and oxygen atoms in total. The molecule has 0 saturated carbocycles. The lowest BCUT2D eigenvalue weighted by Crippen LogP contribution is -2.55. The minimum Gasteiger partial charge on any atom is -0.399 e. The molecule has 2 bridgehead atoms. The molecule has 2 fully saturated rings. The van der Waals surface area contributed by atoms with Gasteiger partial charge in [0.2, 0.25) is 0 Å². The maximum atomic E-state index is 13.6. The Bertz CT molecular complexity index is 890. The number of hydrogen-bond acceptors (Lipinski definition) is 5. The van der Waals surface area contributed by atoms with Gasteiger partial charge >= 0.3 is 0 Å². The average Bonchev–Trinajstić information content (AvgIpc) is 2.96. The third kappa shape index (κ3) is 4.42. The van der Waals surface area contributed by atoms with E-state index in [9.17, 15) is 13.9 Å². The molecular formula is C25H30F2N2O3. The molecule has 32 heavy (non-hydrogen) atoms. The van der Waals surface area contributed by atoms with Gasteiger partial charge in [-0.2, -0.15) is 0 Å². The van der Waals surface area contributed by atoms with Crippen molar-refractivity contribution in [2.75, 3.05) is 14.2 Å². The highest BCUT2D eigenvalue weighted by Gasteiger charge is 2.53. The molecule has 0 spiro atoms. The molecule has 7 heteroatoms. The van der Waals surface area contributed by atoms with Crippen molar-refractivity contribution in [3.8, 4) is 0 Å². The monoisotopic (exact) mass is 444 g/mol. The van der Waals surface area contributed by atoms with Crippen LogP contribution >= 0.6 is 0 Å². The molecule has 0 radical (unpaired) electrons. The van der Waals surface area contributed by atoms with Crippen LogP contribution in [0.5, 0.6) is 0 Å². The second-order valence-electron chi connectivity index (χ2n) is 8.65. The van der Waals surface area contributed by atoms with Gasteiger partial charge in [0.15, 0.2) is 0 Å². The minimum absolute atomic E-state index is 0.130. The van der Waals surface area contributed by atoms with Gasteiger partial charge in [0, 0.05) is 18.0 Å². The fourth-order valence-electron chi connectivity index (χ4n) is 5.32. The smallest absolute Gasteiger partial charge is 0.123 e. The predicted molar refractivity (Wildman–Crippen MR) is 118 cm³/mol. The Hall–Kier alpha value is -2.35. The SMILES string of the molecule is CCC(=NOC)[C@H]1[C@H](OC(c2ccc(F)cc2)c2ccc(F)cc2)CC2CC(O)[C@@H]1N2C. The first-order chi connectivity index (χ1) is 15.4. The first kappa shape index (κ1) is 22.8. The maximum absolute atomic E-state index is 13.6. The quantitative estimate of drug-likeness (QED) is 0.511. The van der Waals surface area contributed by atoms with Crippen LogP contribution in [0, 0.1) is 17.6 Å². The van der Waals surface area contributed by atoms with Crippen molar-refractivity contribution >= 4 is 5.71 Å². The number of rotatable bonds is 7. The molecule has 2 aromatic rings. The fourth-order valence-corrected chi connectivity index (χ4v) is 5.32. The number of halogens is 2.